The molecule has 0 unspecified atom stereocenters. The van der Waals surface area contributed by atoms with Crippen molar-refractivity contribution in [2.45, 2.75) is 98.3 Å². The van der Waals surface area contributed by atoms with Crippen LogP contribution in [0.15, 0.2) is 137 Å². The van der Waals surface area contributed by atoms with Gasteiger partial charge < -0.3 is 14.4 Å². The number of pyridine rings is 2. The third-order valence-corrected chi connectivity index (χ3v) is 17.5. The highest BCUT2D eigenvalue weighted by molar-refractivity contribution is 9.10. The number of fused-ring (bicyclic) bond motifs is 2. The number of halogens is 3. The summed E-state index contributed by atoms with van der Waals surface area (Å²) in [6.07, 6.45) is 24.8. The van der Waals surface area contributed by atoms with Crippen molar-refractivity contribution >= 4 is 68.1 Å². The third-order valence-electron chi connectivity index (χ3n) is 16.6. The van der Waals surface area contributed by atoms with Gasteiger partial charge in [0, 0.05) is 78.4 Å². The van der Waals surface area contributed by atoms with Crippen LogP contribution in [0.1, 0.15) is 130 Å². The summed E-state index contributed by atoms with van der Waals surface area (Å²) in [5.74, 6) is 2.40. The quantitative estimate of drug-likeness (QED) is 0.125. The van der Waals surface area contributed by atoms with E-state index in [9.17, 15) is 5.26 Å². The molecule has 2 fully saturated rings. The van der Waals surface area contributed by atoms with E-state index in [4.69, 9.17) is 37.9 Å². The largest absolute Gasteiger partial charge is 0.454 e. The zero-order chi connectivity index (χ0) is 56.5. The van der Waals surface area contributed by atoms with Gasteiger partial charge in [0.05, 0.1) is 34.9 Å². The number of nitrogens with zero attached hydrogens (tertiary/aromatic N) is 7. The lowest BCUT2D eigenvalue weighted by molar-refractivity contribution is 0.238. The van der Waals surface area contributed by atoms with Crippen LogP contribution in [0, 0.1) is 33.5 Å². The summed E-state index contributed by atoms with van der Waals surface area (Å²) in [5, 5.41) is 20.4. The Kier molecular flexibility index (Phi) is 18.7. The van der Waals surface area contributed by atoms with E-state index in [2.05, 4.69) is 123 Å². The van der Waals surface area contributed by atoms with Crippen LogP contribution in [-0.2, 0) is 12.8 Å². The molecule has 0 radical (unpaired) electrons. The summed E-state index contributed by atoms with van der Waals surface area (Å²) in [6.45, 7) is 18.2. The molecule has 0 atom stereocenters. The van der Waals surface area contributed by atoms with Gasteiger partial charge in [0.2, 0.25) is 0 Å². The van der Waals surface area contributed by atoms with Crippen LogP contribution >= 0.6 is 39.1 Å². The number of hydrogen-bond acceptors (Lipinski definition) is 9. The van der Waals surface area contributed by atoms with Gasteiger partial charge in [0.1, 0.15) is 35.1 Å². The van der Waals surface area contributed by atoms with Crippen molar-refractivity contribution < 1.29 is 9.47 Å². The molecule has 2 saturated heterocycles. The Labute approximate surface area is 498 Å². The lowest BCUT2D eigenvalue weighted by Gasteiger charge is -2.39. The maximum absolute atomic E-state index is 9.70. The topological polar surface area (TPSA) is 102 Å². The molecule has 9 nitrogen and oxygen atoms in total. The predicted octanol–water partition coefficient (Wildman–Crippen LogP) is 17.6. The van der Waals surface area contributed by atoms with E-state index in [-0.39, 0.29) is 0 Å². The van der Waals surface area contributed by atoms with Gasteiger partial charge in [-0.25, -0.2) is 0 Å². The number of piperidine rings is 1. The van der Waals surface area contributed by atoms with Gasteiger partial charge in [0.15, 0.2) is 0 Å². The van der Waals surface area contributed by atoms with Gasteiger partial charge in [-0.1, -0.05) is 133 Å². The zero-order valence-electron chi connectivity index (χ0n) is 47.2. The Bertz CT molecular complexity index is 3450. The smallest absolute Gasteiger partial charge is 0.147 e. The van der Waals surface area contributed by atoms with E-state index in [1.807, 2.05) is 66.7 Å². The summed E-state index contributed by atoms with van der Waals surface area (Å²) in [6, 6.07) is 36.4. The third kappa shape index (κ3) is 15.1. The van der Waals surface area contributed by atoms with E-state index < -0.39 is 0 Å². The fourth-order valence-electron chi connectivity index (χ4n) is 11.9. The minimum absolute atomic E-state index is 0.319. The van der Waals surface area contributed by atoms with Crippen molar-refractivity contribution in [3.63, 3.8) is 0 Å². The normalized spacial score (nSPS) is 18.2. The lowest BCUT2D eigenvalue weighted by Crippen LogP contribution is -2.47. The molecule has 6 aromatic rings. The number of allylic oxidation sites excluding steroid dienone is 4. The van der Waals surface area contributed by atoms with Gasteiger partial charge >= 0.3 is 0 Å². The molecule has 2 aliphatic heterocycles. The predicted molar refractivity (Wildman–Crippen MR) is 335 cm³/mol. The van der Waals surface area contributed by atoms with Gasteiger partial charge in [-0.15, -0.1) is 0 Å². The number of nitriles is 2. The summed E-state index contributed by atoms with van der Waals surface area (Å²) in [5.41, 5.74) is 16.1. The molecule has 4 aromatic carbocycles. The van der Waals surface area contributed by atoms with Crippen LogP contribution in [0.5, 0.6) is 23.0 Å². The van der Waals surface area contributed by atoms with E-state index in [1.54, 1.807) is 41.2 Å². The average Bonchev–Trinajstić information content (AvgIpc) is 4.17. The van der Waals surface area contributed by atoms with E-state index in [0.717, 1.165) is 101 Å². The summed E-state index contributed by atoms with van der Waals surface area (Å²) in [7, 11) is 0. The fraction of sp³-hybridized carbons (Fsp3) is 0.362. The maximum atomic E-state index is 9.70. The van der Waals surface area contributed by atoms with Crippen molar-refractivity contribution in [1.82, 2.24) is 19.8 Å². The number of aromatic nitrogens is 2. The SMILES string of the molecule is CC1(C)CCC(CN2CCCCC2)=C(c2ccc(Cl)cc2)C1.CC1(C)CCC(CN2CCN(c3ccc(C#N)c(Oc4cnc5c(c4)C=CC5)c3)CC2)=C(c2ccc(Cl)cc2)C1.N#Cc1ccc(Br)cc1Oc1cnc2c(c1)C=CC2. The summed E-state index contributed by atoms with van der Waals surface area (Å²) >= 11 is 15.6. The standard InChI is InChI=1S/C34H35ClN4O.C20H28ClN.C15H9BrN2O/c1-34(2)13-12-27(31(20-34)24-6-9-28(35)10-7-24)23-38-14-16-39(17-15-38)29-11-8-26(21-36)33(19-29)40-30-18-25-4-3-5-32(25)37-22-30;1-20(2)11-10-17(15-22-12-4-3-5-13-22)19(14-20)16-6-8-18(21)9-7-16;16-12-5-4-11(8-17)15(7-12)19-13-6-10-2-1-3-14(10)18-9-13/h3-4,6-11,18-19,22H,5,12-17,20,23H2,1-2H3;6-9H,3-5,10-15H2,1-2H3;1-2,4-7,9H,3H2. The Balaban J connectivity index is 0.000000151. The zero-order valence-corrected chi connectivity index (χ0v) is 50.3. The minimum Gasteiger partial charge on any atom is -0.454 e. The van der Waals surface area contributed by atoms with Crippen LogP contribution in [0.4, 0.5) is 5.69 Å². The fourth-order valence-corrected chi connectivity index (χ4v) is 12.5. The van der Waals surface area contributed by atoms with Crippen LogP contribution < -0.4 is 14.4 Å². The first-order valence-electron chi connectivity index (χ1n) is 28.7. The van der Waals surface area contributed by atoms with Crippen molar-refractivity contribution in [2.24, 2.45) is 10.8 Å². The van der Waals surface area contributed by atoms with Crippen molar-refractivity contribution in [3.8, 4) is 35.1 Å². The highest BCUT2D eigenvalue weighted by atomic mass is 79.9. The number of piperazine rings is 1. The number of ether oxygens (including phenoxy) is 2. The van der Waals surface area contributed by atoms with Crippen molar-refractivity contribution in [3.05, 3.63) is 192 Å². The molecule has 4 heterocycles. The lowest BCUT2D eigenvalue weighted by atomic mass is 9.72. The maximum Gasteiger partial charge on any atom is 0.147 e. The molecule has 12 heteroatoms. The molecule has 81 heavy (non-hydrogen) atoms. The van der Waals surface area contributed by atoms with E-state index in [1.165, 1.54) is 81.3 Å². The minimum atomic E-state index is 0.319. The number of benzene rings is 4. The van der Waals surface area contributed by atoms with Crippen LogP contribution in [0.3, 0.4) is 0 Å². The number of rotatable bonds is 11. The summed E-state index contributed by atoms with van der Waals surface area (Å²) in [4.78, 5) is 16.5. The molecule has 416 valence electrons. The first-order chi connectivity index (χ1) is 39.2. The monoisotopic (exact) mass is 1180 g/mol. The number of hydrogen-bond donors (Lipinski definition) is 0. The van der Waals surface area contributed by atoms with Crippen molar-refractivity contribution in [2.75, 3.05) is 57.3 Å². The Morgan fingerprint density at radius 2 is 1.04 bits per heavy atom. The molecule has 4 aliphatic carbocycles. The van der Waals surface area contributed by atoms with Crippen molar-refractivity contribution in [1.29, 1.82) is 10.5 Å². The summed E-state index contributed by atoms with van der Waals surface area (Å²) < 4.78 is 12.8. The van der Waals surface area contributed by atoms with E-state index >= 15 is 0 Å². The van der Waals surface area contributed by atoms with Gasteiger partial charge in [-0.3, -0.25) is 19.8 Å². The molecular formula is C69H72BrCl2N7O2. The second-order valence-corrected chi connectivity index (χ2v) is 25.6. The molecule has 0 amide bonds. The molecule has 2 aromatic heterocycles. The first kappa shape index (κ1) is 57.7. The Hall–Kier alpha value is -6.50. The van der Waals surface area contributed by atoms with Gasteiger partial charge in [-0.2, -0.15) is 10.5 Å². The highest BCUT2D eigenvalue weighted by Gasteiger charge is 2.31. The molecule has 0 spiro atoms. The second-order valence-electron chi connectivity index (χ2n) is 23.8. The molecule has 6 aliphatic rings. The molecule has 12 rings (SSSR count). The van der Waals surface area contributed by atoms with Crippen LogP contribution in [0.2, 0.25) is 10.0 Å². The highest BCUT2D eigenvalue weighted by Crippen LogP contribution is 2.45. The van der Waals surface area contributed by atoms with Gasteiger partial charge in [0.25, 0.3) is 0 Å². The van der Waals surface area contributed by atoms with Crippen LogP contribution in [0.25, 0.3) is 23.3 Å². The average molecular weight is 1180 g/mol. The second kappa shape index (κ2) is 26.2. The Morgan fingerprint density at radius 3 is 1.53 bits per heavy atom. The number of likely N-dealkylation sites (tertiary alicyclic amines) is 1. The molecular weight excluding hydrogens is 1110 g/mol. The molecule has 0 bridgehead atoms. The first-order valence-corrected chi connectivity index (χ1v) is 30.3. The molecule has 0 saturated carbocycles. The molecule has 0 N–H and O–H groups in total. The van der Waals surface area contributed by atoms with E-state index in [0.29, 0.717) is 45.0 Å². The Morgan fingerprint density at radius 1 is 0.568 bits per heavy atom. The van der Waals surface area contributed by atoms with Crippen LogP contribution in [-0.4, -0.2) is 72.1 Å². The number of anilines is 1. The van der Waals surface area contributed by atoms with Gasteiger partial charge in [-0.05, 0) is 175 Å².